The van der Waals surface area contributed by atoms with Crippen molar-refractivity contribution in [1.29, 1.82) is 0 Å². The molecule has 0 spiro atoms. The van der Waals surface area contributed by atoms with Gasteiger partial charge in [-0.15, -0.1) is 0 Å². The first kappa shape index (κ1) is 12.8. The van der Waals surface area contributed by atoms with Gasteiger partial charge in [0, 0.05) is 19.6 Å². The summed E-state index contributed by atoms with van der Waals surface area (Å²) in [6, 6.07) is 0.119. The van der Waals surface area contributed by atoms with Crippen LogP contribution in [-0.2, 0) is 4.79 Å². The van der Waals surface area contributed by atoms with Crippen LogP contribution in [0.5, 0.6) is 0 Å². The van der Waals surface area contributed by atoms with Crippen LogP contribution < -0.4 is 11.1 Å². The maximum atomic E-state index is 12.4. The molecule has 2 saturated carbocycles. The number of hydrogen-bond acceptors (Lipinski definition) is 3. The maximum Gasteiger partial charge on any atom is 0.227 e. The fourth-order valence-electron chi connectivity index (χ4n) is 3.56. The molecule has 2 aliphatic rings. The van der Waals surface area contributed by atoms with Gasteiger partial charge in [0.2, 0.25) is 5.91 Å². The van der Waals surface area contributed by atoms with Crippen molar-refractivity contribution in [3.8, 4) is 0 Å². The Morgan fingerprint density at radius 2 is 2.12 bits per heavy atom. The smallest absolute Gasteiger partial charge is 0.227 e. The van der Waals surface area contributed by atoms with Gasteiger partial charge in [-0.05, 0) is 51.1 Å². The molecule has 3 N–H and O–H groups in total. The molecule has 1 amide bonds. The topological polar surface area (TPSA) is 58.4 Å². The average Bonchev–Trinajstić information content (AvgIpc) is 2.89. The standard InChI is InChI=1S/C13H25N3O/c1-15-6-3-7-16(2)13(17)11-9-4-5-10(8-9)12(11)14/h9-12,15H,3-8,14H2,1-2H3. The van der Waals surface area contributed by atoms with E-state index in [4.69, 9.17) is 5.73 Å². The number of nitrogens with zero attached hydrogens (tertiary/aromatic N) is 1. The van der Waals surface area contributed by atoms with E-state index in [-0.39, 0.29) is 17.9 Å². The summed E-state index contributed by atoms with van der Waals surface area (Å²) in [6.45, 7) is 1.79. The molecule has 2 bridgehead atoms. The molecule has 98 valence electrons. The lowest BCUT2D eigenvalue weighted by Crippen LogP contribution is -2.46. The number of rotatable bonds is 5. The molecule has 4 nitrogen and oxygen atoms in total. The van der Waals surface area contributed by atoms with E-state index in [1.54, 1.807) is 0 Å². The minimum absolute atomic E-state index is 0.105. The van der Waals surface area contributed by atoms with Crippen LogP contribution in [0.25, 0.3) is 0 Å². The van der Waals surface area contributed by atoms with Gasteiger partial charge < -0.3 is 16.0 Å². The lowest BCUT2D eigenvalue weighted by Gasteiger charge is -2.30. The molecular formula is C13H25N3O. The zero-order chi connectivity index (χ0) is 12.4. The largest absolute Gasteiger partial charge is 0.345 e. The van der Waals surface area contributed by atoms with E-state index in [1.165, 1.54) is 19.3 Å². The Bertz CT molecular complexity index is 280. The summed E-state index contributed by atoms with van der Waals surface area (Å²) in [4.78, 5) is 14.2. The van der Waals surface area contributed by atoms with E-state index in [0.29, 0.717) is 11.8 Å². The Hall–Kier alpha value is -0.610. The van der Waals surface area contributed by atoms with Crippen LogP contribution in [0.3, 0.4) is 0 Å². The molecule has 0 radical (unpaired) electrons. The summed E-state index contributed by atoms with van der Waals surface area (Å²) in [7, 11) is 3.85. The fraction of sp³-hybridized carbons (Fsp3) is 0.923. The van der Waals surface area contributed by atoms with E-state index < -0.39 is 0 Å². The van der Waals surface area contributed by atoms with Crippen molar-refractivity contribution in [3.05, 3.63) is 0 Å². The number of nitrogens with one attached hydrogen (secondary N) is 1. The summed E-state index contributed by atoms with van der Waals surface area (Å²) in [5, 5.41) is 3.10. The van der Waals surface area contributed by atoms with Crippen LogP contribution in [0.4, 0.5) is 0 Å². The minimum atomic E-state index is 0.105. The normalized spacial score (nSPS) is 35.2. The van der Waals surface area contributed by atoms with Crippen LogP contribution in [-0.4, -0.2) is 44.0 Å². The summed E-state index contributed by atoms with van der Waals surface area (Å²) >= 11 is 0. The molecule has 0 saturated heterocycles. The summed E-state index contributed by atoms with van der Waals surface area (Å²) in [5.74, 6) is 1.56. The Labute approximate surface area is 104 Å². The third kappa shape index (κ3) is 2.47. The maximum absolute atomic E-state index is 12.4. The highest BCUT2D eigenvalue weighted by Crippen LogP contribution is 2.48. The number of nitrogens with two attached hydrogens (primary N) is 1. The SMILES string of the molecule is CNCCCN(C)C(=O)C1C2CCC(C2)C1N. The molecule has 0 aromatic rings. The number of fused-ring (bicyclic) bond motifs is 2. The van der Waals surface area contributed by atoms with Gasteiger partial charge in [-0.1, -0.05) is 0 Å². The Morgan fingerprint density at radius 3 is 2.71 bits per heavy atom. The van der Waals surface area contributed by atoms with Gasteiger partial charge in [0.25, 0.3) is 0 Å². The monoisotopic (exact) mass is 239 g/mol. The zero-order valence-corrected chi connectivity index (χ0v) is 11.0. The molecule has 17 heavy (non-hydrogen) atoms. The first-order valence-electron chi connectivity index (χ1n) is 6.80. The van der Waals surface area contributed by atoms with Gasteiger partial charge in [-0.2, -0.15) is 0 Å². The molecule has 0 aromatic carbocycles. The highest BCUT2D eigenvalue weighted by atomic mass is 16.2. The lowest BCUT2D eigenvalue weighted by molar-refractivity contribution is -0.136. The van der Waals surface area contributed by atoms with Crippen molar-refractivity contribution in [2.45, 2.75) is 31.7 Å². The van der Waals surface area contributed by atoms with E-state index in [2.05, 4.69) is 5.32 Å². The third-order valence-electron chi connectivity index (χ3n) is 4.56. The van der Waals surface area contributed by atoms with Gasteiger partial charge >= 0.3 is 0 Å². The van der Waals surface area contributed by atoms with Crippen molar-refractivity contribution in [1.82, 2.24) is 10.2 Å². The van der Waals surface area contributed by atoms with Crippen LogP contribution >= 0.6 is 0 Å². The Balaban J connectivity index is 1.87. The molecule has 4 unspecified atom stereocenters. The molecule has 0 aliphatic heterocycles. The number of hydrogen-bond donors (Lipinski definition) is 2. The van der Waals surface area contributed by atoms with Gasteiger partial charge in [-0.25, -0.2) is 0 Å². The van der Waals surface area contributed by atoms with Gasteiger partial charge in [0.05, 0.1) is 5.92 Å². The molecule has 0 aromatic heterocycles. The second-order valence-electron chi connectivity index (χ2n) is 5.65. The predicted molar refractivity (Wildman–Crippen MR) is 68.5 cm³/mol. The highest BCUT2D eigenvalue weighted by Gasteiger charge is 2.49. The summed E-state index contributed by atoms with van der Waals surface area (Å²) < 4.78 is 0. The van der Waals surface area contributed by atoms with Crippen molar-refractivity contribution >= 4 is 5.91 Å². The first-order valence-corrected chi connectivity index (χ1v) is 6.80. The van der Waals surface area contributed by atoms with Crippen molar-refractivity contribution in [2.75, 3.05) is 27.2 Å². The van der Waals surface area contributed by atoms with Gasteiger partial charge in [0.15, 0.2) is 0 Å². The van der Waals surface area contributed by atoms with Crippen LogP contribution in [0.15, 0.2) is 0 Å². The molecule has 2 fully saturated rings. The van der Waals surface area contributed by atoms with E-state index in [1.807, 2.05) is 19.0 Å². The van der Waals surface area contributed by atoms with Crippen molar-refractivity contribution < 1.29 is 4.79 Å². The third-order valence-corrected chi connectivity index (χ3v) is 4.56. The Morgan fingerprint density at radius 1 is 1.41 bits per heavy atom. The summed E-state index contributed by atoms with van der Waals surface area (Å²) in [5.41, 5.74) is 6.20. The van der Waals surface area contributed by atoms with Crippen LogP contribution in [0.2, 0.25) is 0 Å². The molecule has 2 rings (SSSR count). The first-order chi connectivity index (χ1) is 8.15. The van der Waals surface area contributed by atoms with Crippen molar-refractivity contribution in [3.63, 3.8) is 0 Å². The molecule has 2 aliphatic carbocycles. The lowest BCUT2D eigenvalue weighted by atomic mass is 9.84. The minimum Gasteiger partial charge on any atom is -0.345 e. The molecule has 0 heterocycles. The zero-order valence-electron chi connectivity index (χ0n) is 11.0. The van der Waals surface area contributed by atoms with E-state index >= 15 is 0 Å². The molecule has 4 atom stereocenters. The van der Waals surface area contributed by atoms with Crippen LogP contribution in [0, 0.1) is 17.8 Å². The number of amides is 1. The number of carbonyl (C=O) groups is 1. The fourth-order valence-corrected chi connectivity index (χ4v) is 3.56. The highest BCUT2D eigenvalue weighted by molar-refractivity contribution is 5.80. The average molecular weight is 239 g/mol. The van der Waals surface area contributed by atoms with Crippen LogP contribution in [0.1, 0.15) is 25.7 Å². The second kappa shape index (κ2) is 5.36. The second-order valence-corrected chi connectivity index (χ2v) is 5.65. The Kier molecular flexibility index (Phi) is 4.05. The van der Waals surface area contributed by atoms with E-state index in [0.717, 1.165) is 19.5 Å². The van der Waals surface area contributed by atoms with E-state index in [9.17, 15) is 4.79 Å². The summed E-state index contributed by atoms with van der Waals surface area (Å²) in [6.07, 6.45) is 4.63. The van der Waals surface area contributed by atoms with Gasteiger partial charge in [-0.3, -0.25) is 4.79 Å². The number of carbonyl (C=O) groups excluding carboxylic acids is 1. The quantitative estimate of drug-likeness (QED) is 0.684. The molecular weight excluding hydrogens is 214 g/mol. The van der Waals surface area contributed by atoms with Crippen molar-refractivity contribution in [2.24, 2.45) is 23.5 Å². The predicted octanol–water partition coefficient (Wildman–Crippen LogP) is 0.428. The molecule has 4 heteroatoms. The van der Waals surface area contributed by atoms with Gasteiger partial charge in [0.1, 0.15) is 0 Å².